The first kappa shape index (κ1) is 13.7. The van der Waals surface area contributed by atoms with Gasteiger partial charge in [0.15, 0.2) is 5.71 Å². The summed E-state index contributed by atoms with van der Waals surface area (Å²) >= 11 is 3.29. The van der Waals surface area contributed by atoms with Gasteiger partial charge < -0.3 is 4.74 Å². The molecule has 1 N–H and O–H groups in total. The number of fused-ring (bicyclic) bond motifs is 1. The molecule has 0 aliphatic carbocycles. The Kier molecular flexibility index (Phi) is 3.25. The average Bonchev–Trinajstić information content (AvgIpc) is 3.00. The molecular formula is C13H10BrN3O4. The SMILES string of the molecule is COC(=O)C1=NNC2C(=O)N(c3cccc(Br)c3)C(=O)C12. The van der Waals surface area contributed by atoms with E-state index < -0.39 is 29.7 Å². The maximum absolute atomic E-state index is 12.5. The van der Waals surface area contributed by atoms with Crippen LogP contribution in [0.1, 0.15) is 0 Å². The number of carbonyl (C=O) groups excluding carboxylic acids is 3. The van der Waals surface area contributed by atoms with E-state index in [9.17, 15) is 14.4 Å². The molecule has 1 aromatic rings. The molecule has 0 aromatic heterocycles. The zero-order chi connectivity index (χ0) is 15.1. The van der Waals surface area contributed by atoms with Crippen LogP contribution >= 0.6 is 15.9 Å². The zero-order valence-electron chi connectivity index (χ0n) is 10.9. The Labute approximate surface area is 128 Å². The standard InChI is InChI=1S/C13H10BrN3O4/c1-21-13(20)10-8-9(15-16-10)12(19)17(11(8)18)7-4-2-3-6(14)5-7/h2-5,8-9,15H,1H3. The van der Waals surface area contributed by atoms with Gasteiger partial charge in [-0.1, -0.05) is 22.0 Å². The van der Waals surface area contributed by atoms with Crippen molar-refractivity contribution in [3.05, 3.63) is 28.7 Å². The van der Waals surface area contributed by atoms with Gasteiger partial charge in [0.05, 0.1) is 12.8 Å². The minimum absolute atomic E-state index is 0.0710. The van der Waals surface area contributed by atoms with Crippen molar-refractivity contribution in [2.45, 2.75) is 6.04 Å². The van der Waals surface area contributed by atoms with Crippen LogP contribution in [0.25, 0.3) is 0 Å². The average molecular weight is 352 g/mol. The molecule has 1 aromatic carbocycles. The highest BCUT2D eigenvalue weighted by Crippen LogP contribution is 2.31. The molecule has 2 unspecified atom stereocenters. The summed E-state index contributed by atoms with van der Waals surface area (Å²) in [4.78, 5) is 37.6. The Morgan fingerprint density at radius 1 is 1.38 bits per heavy atom. The van der Waals surface area contributed by atoms with E-state index in [0.29, 0.717) is 5.69 Å². The third kappa shape index (κ3) is 2.02. The van der Waals surface area contributed by atoms with E-state index in [1.54, 1.807) is 24.3 Å². The van der Waals surface area contributed by atoms with Gasteiger partial charge in [-0.2, -0.15) is 5.10 Å². The maximum atomic E-state index is 12.5. The lowest BCUT2D eigenvalue weighted by Crippen LogP contribution is -2.36. The Morgan fingerprint density at radius 2 is 2.14 bits per heavy atom. The van der Waals surface area contributed by atoms with Crippen LogP contribution in [0.5, 0.6) is 0 Å². The van der Waals surface area contributed by atoms with Crippen molar-refractivity contribution in [3.63, 3.8) is 0 Å². The molecule has 0 saturated carbocycles. The summed E-state index contributed by atoms with van der Waals surface area (Å²) in [5.74, 6) is -2.58. The maximum Gasteiger partial charge on any atom is 0.355 e. The molecule has 3 rings (SSSR count). The Hall–Kier alpha value is -2.22. The minimum Gasteiger partial charge on any atom is -0.464 e. The molecule has 2 aliphatic heterocycles. The first-order chi connectivity index (χ1) is 10.0. The van der Waals surface area contributed by atoms with Gasteiger partial charge in [0.25, 0.3) is 5.91 Å². The Balaban J connectivity index is 1.98. The number of esters is 1. The minimum atomic E-state index is -0.941. The van der Waals surface area contributed by atoms with E-state index in [-0.39, 0.29) is 5.71 Å². The van der Waals surface area contributed by atoms with E-state index >= 15 is 0 Å². The number of hydrazone groups is 1. The molecule has 0 bridgehead atoms. The van der Waals surface area contributed by atoms with Crippen LogP contribution in [-0.2, 0) is 19.1 Å². The number of benzene rings is 1. The van der Waals surface area contributed by atoms with Crippen molar-refractivity contribution in [3.8, 4) is 0 Å². The molecule has 108 valence electrons. The fraction of sp³-hybridized carbons (Fsp3) is 0.231. The molecule has 2 heterocycles. The first-order valence-electron chi connectivity index (χ1n) is 6.09. The predicted octanol–water partition coefficient (Wildman–Crippen LogP) is 0.439. The molecule has 1 fully saturated rings. The van der Waals surface area contributed by atoms with Crippen LogP contribution < -0.4 is 10.3 Å². The van der Waals surface area contributed by atoms with Crippen LogP contribution in [-0.4, -0.2) is 36.6 Å². The summed E-state index contributed by atoms with van der Waals surface area (Å²) < 4.78 is 5.33. The Bertz CT molecular complexity index is 688. The number of imide groups is 1. The van der Waals surface area contributed by atoms with Crippen LogP contribution in [0.15, 0.2) is 33.8 Å². The van der Waals surface area contributed by atoms with Gasteiger partial charge in [0.2, 0.25) is 5.91 Å². The number of amides is 2. The van der Waals surface area contributed by atoms with Crippen molar-refractivity contribution in [1.82, 2.24) is 5.43 Å². The monoisotopic (exact) mass is 351 g/mol. The lowest BCUT2D eigenvalue weighted by molar-refractivity contribution is -0.133. The fourth-order valence-electron chi connectivity index (χ4n) is 2.43. The van der Waals surface area contributed by atoms with E-state index in [1.807, 2.05) is 0 Å². The molecule has 2 amide bonds. The second kappa shape index (κ2) is 4.96. The van der Waals surface area contributed by atoms with E-state index in [2.05, 4.69) is 31.2 Å². The number of ether oxygens (including phenoxy) is 1. The summed E-state index contributed by atoms with van der Waals surface area (Å²) in [6, 6.07) is 5.96. The van der Waals surface area contributed by atoms with Crippen LogP contribution in [0, 0.1) is 5.92 Å². The van der Waals surface area contributed by atoms with Gasteiger partial charge in [0.1, 0.15) is 12.0 Å². The third-order valence-electron chi connectivity index (χ3n) is 3.39. The number of anilines is 1. The van der Waals surface area contributed by atoms with Crippen molar-refractivity contribution in [2.24, 2.45) is 11.0 Å². The number of carbonyl (C=O) groups is 3. The molecule has 7 nitrogen and oxygen atoms in total. The van der Waals surface area contributed by atoms with Crippen molar-refractivity contribution in [1.29, 1.82) is 0 Å². The van der Waals surface area contributed by atoms with Crippen molar-refractivity contribution >= 4 is 45.1 Å². The molecule has 0 radical (unpaired) electrons. The molecule has 21 heavy (non-hydrogen) atoms. The van der Waals surface area contributed by atoms with Gasteiger partial charge in [0, 0.05) is 4.47 Å². The van der Waals surface area contributed by atoms with Gasteiger partial charge in [-0.05, 0) is 18.2 Å². The highest BCUT2D eigenvalue weighted by molar-refractivity contribution is 9.10. The van der Waals surface area contributed by atoms with Crippen LogP contribution in [0.2, 0.25) is 0 Å². The number of halogens is 1. The number of nitrogens with one attached hydrogen (secondary N) is 1. The summed E-state index contributed by atoms with van der Waals surface area (Å²) in [5.41, 5.74) is 2.92. The lowest BCUT2D eigenvalue weighted by Gasteiger charge is -2.15. The quantitative estimate of drug-likeness (QED) is 0.616. The first-order valence-corrected chi connectivity index (χ1v) is 6.88. The van der Waals surface area contributed by atoms with Gasteiger partial charge in [-0.3, -0.25) is 15.0 Å². The highest BCUT2D eigenvalue weighted by atomic mass is 79.9. The van der Waals surface area contributed by atoms with Crippen molar-refractivity contribution < 1.29 is 19.1 Å². The number of methoxy groups -OCH3 is 1. The molecule has 2 aliphatic rings. The molecule has 0 spiro atoms. The lowest BCUT2D eigenvalue weighted by atomic mass is 9.99. The van der Waals surface area contributed by atoms with Crippen LogP contribution in [0.3, 0.4) is 0 Å². The molecular weight excluding hydrogens is 342 g/mol. The number of nitrogens with zero attached hydrogens (tertiary/aromatic N) is 2. The number of hydrogen-bond donors (Lipinski definition) is 1. The second-order valence-corrected chi connectivity index (χ2v) is 5.48. The van der Waals surface area contributed by atoms with E-state index in [1.165, 1.54) is 7.11 Å². The highest BCUT2D eigenvalue weighted by Gasteiger charge is 2.55. The normalized spacial score (nSPS) is 23.7. The smallest absolute Gasteiger partial charge is 0.355 e. The number of hydrogen-bond acceptors (Lipinski definition) is 6. The van der Waals surface area contributed by atoms with Gasteiger partial charge in [-0.25, -0.2) is 9.69 Å². The molecule has 8 heteroatoms. The van der Waals surface area contributed by atoms with Crippen LogP contribution in [0.4, 0.5) is 5.69 Å². The largest absolute Gasteiger partial charge is 0.464 e. The van der Waals surface area contributed by atoms with E-state index in [4.69, 9.17) is 0 Å². The molecule has 2 atom stereocenters. The topological polar surface area (TPSA) is 88.1 Å². The molecule has 1 saturated heterocycles. The third-order valence-corrected chi connectivity index (χ3v) is 3.88. The van der Waals surface area contributed by atoms with Gasteiger partial charge >= 0.3 is 5.97 Å². The summed E-state index contributed by atoms with van der Waals surface area (Å²) in [6.45, 7) is 0. The summed E-state index contributed by atoms with van der Waals surface area (Å²) in [6.07, 6.45) is 0. The van der Waals surface area contributed by atoms with E-state index in [0.717, 1.165) is 9.37 Å². The Morgan fingerprint density at radius 3 is 2.81 bits per heavy atom. The summed E-state index contributed by atoms with van der Waals surface area (Å²) in [7, 11) is 1.20. The predicted molar refractivity (Wildman–Crippen MR) is 76.5 cm³/mol. The summed E-state index contributed by atoms with van der Waals surface area (Å²) in [5, 5.41) is 3.75. The number of rotatable bonds is 2. The fourth-order valence-corrected chi connectivity index (χ4v) is 2.82. The van der Waals surface area contributed by atoms with Gasteiger partial charge in [-0.15, -0.1) is 0 Å². The zero-order valence-corrected chi connectivity index (χ0v) is 12.5. The van der Waals surface area contributed by atoms with Crippen molar-refractivity contribution in [2.75, 3.05) is 12.0 Å². The second-order valence-electron chi connectivity index (χ2n) is 4.56.